The van der Waals surface area contributed by atoms with Gasteiger partial charge in [-0.1, -0.05) is 13.0 Å². The van der Waals surface area contributed by atoms with E-state index in [1.165, 1.54) is 17.7 Å². The van der Waals surface area contributed by atoms with Crippen molar-refractivity contribution in [3.63, 3.8) is 0 Å². The summed E-state index contributed by atoms with van der Waals surface area (Å²) in [5.41, 5.74) is 1.18. The molecule has 1 unspecified atom stereocenters. The van der Waals surface area contributed by atoms with E-state index in [0.29, 0.717) is 12.3 Å². The number of hydrogen-bond donors (Lipinski definition) is 2. The van der Waals surface area contributed by atoms with E-state index in [0.717, 1.165) is 31.9 Å². The van der Waals surface area contributed by atoms with Gasteiger partial charge in [0, 0.05) is 32.4 Å². The van der Waals surface area contributed by atoms with Gasteiger partial charge in [-0.2, -0.15) is 5.10 Å². The molecule has 2 N–H and O–H groups in total. The Bertz CT molecular complexity index is 701. The van der Waals surface area contributed by atoms with Gasteiger partial charge < -0.3 is 15.4 Å². The van der Waals surface area contributed by atoms with Crippen LogP contribution in [-0.2, 0) is 13.5 Å². The Labute approximate surface area is 154 Å². The highest BCUT2D eigenvalue weighted by molar-refractivity contribution is 5.79. The van der Waals surface area contributed by atoms with Crippen LogP contribution in [0.1, 0.15) is 25.8 Å². The van der Waals surface area contributed by atoms with Crippen molar-refractivity contribution in [3.05, 3.63) is 48.0 Å². The predicted octanol–water partition coefficient (Wildman–Crippen LogP) is 2.51. The highest BCUT2D eigenvalue weighted by Gasteiger charge is 2.09. The van der Waals surface area contributed by atoms with Crippen LogP contribution in [0.4, 0.5) is 4.39 Å². The number of nitrogens with one attached hydrogen (secondary N) is 2. The van der Waals surface area contributed by atoms with Crippen molar-refractivity contribution in [3.8, 4) is 5.75 Å². The smallest absolute Gasteiger partial charge is 0.191 e. The molecule has 0 fully saturated rings. The van der Waals surface area contributed by atoms with Crippen LogP contribution in [0.25, 0.3) is 0 Å². The van der Waals surface area contributed by atoms with E-state index < -0.39 is 0 Å². The van der Waals surface area contributed by atoms with Crippen LogP contribution in [-0.4, -0.2) is 41.5 Å². The molecule has 0 bridgehead atoms. The number of hydrogen-bond acceptors (Lipinski definition) is 3. The molecule has 2 rings (SSSR count). The van der Waals surface area contributed by atoms with Gasteiger partial charge in [-0.3, -0.25) is 4.68 Å². The molecule has 2 aromatic rings. The standard InChI is InChI=1S/C19H28FN5O/c1-4-17(26-18-8-6-7-16(20)11-18)13-23-19(21-5-2)22-10-9-15-12-24-25(3)14-15/h6-8,11-12,14,17H,4-5,9-10,13H2,1-3H3,(H2,21,22,23). The van der Waals surface area contributed by atoms with Gasteiger partial charge in [-0.25, -0.2) is 9.38 Å². The molecule has 0 aliphatic rings. The fourth-order valence-electron chi connectivity index (χ4n) is 2.44. The molecule has 1 atom stereocenters. The lowest BCUT2D eigenvalue weighted by molar-refractivity contribution is 0.205. The maximum Gasteiger partial charge on any atom is 0.191 e. The Kier molecular flexibility index (Phi) is 7.92. The largest absolute Gasteiger partial charge is 0.488 e. The summed E-state index contributed by atoms with van der Waals surface area (Å²) in [4.78, 5) is 4.59. The Hall–Kier alpha value is -2.57. The van der Waals surface area contributed by atoms with Crippen LogP contribution >= 0.6 is 0 Å². The Morgan fingerprint density at radius 1 is 1.35 bits per heavy atom. The Balaban J connectivity index is 1.86. The number of aromatic nitrogens is 2. The number of nitrogens with zero attached hydrogens (tertiary/aromatic N) is 3. The third-order valence-corrected chi connectivity index (χ3v) is 3.82. The van der Waals surface area contributed by atoms with Gasteiger partial charge in [0.2, 0.25) is 0 Å². The van der Waals surface area contributed by atoms with E-state index in [9.17, 15) is 4.39 Å². The van der Waals surface area contributed by atoms with Crippen LogP contribution in [0.2, 0.25) is 0 Å². The van der Waals surface area contributed by atoms with Crippen molar-refractivity contribution in [2.75, 3.05) is 19.6 Å². The molecule has 142 valence electrons. The number of aryl methyl sites for hydroxylation is 1. The van der Waals surface area contributed by atoms with E-state index >= 15 is 0 Å². The Morgan fingerprint density at radius 3 is 2.85 bits per heavy atom. The zero-order valence-corrected chi connectivity index (χ0v) is 15.7. The van der Waals surface area contributed by atoms with Crippen LogP contribution in [0.5, 0.6) is 5.75 Å². The first kappa shape index (κ1) is 19.8. The lowest BCUT2D eigenvalue weighted by Gasteiger charge is -2.17. The molecule has 0 saturated heterocycles. The minimum absolute atomic E-state index is 0.106. The average Bonchev–Trinajstić information content (AvgIpc) is 3.03. The van der Waals surface area contributed by atoms with Crippen LogP contribution < -0.4 is 15.4 Å². The summed E-state index contributed by atoms with van der Waals surface area (Å²) < 4.78 is 20.9. The molecule has 1 aromatic carbocycles. The zero-order chi connectivity index (χ0) is 18.8. The summed E-state index contributed by atoms with van der Waals surface area (Å²) in [6.45, 7) is 6.09. The first-order valence-corrected chi connectivity index (χ1v) is 9.02. The monoisotopic (exact) mass is 361 g/mol. The van der Waals surface area contributed by atoms with Gasteiger partial charge in [0.25, 0.3) is 0 Å². The molecule has 7 heteroatoms. The maximum absolute atomic E-state index is 13.3. The number of ether oxygens (including phenoxy) is 1. The molecule has 0 aliphatic heterocycles. The zero-order valence-electron chi connectivity index (χ0n) is 15.7. The first-order valence-electron chi connectivity index (χ1n) is 9.02. The van der Waals surface area contributed by atoms with E-state index in [1.54, 1.807) is 16.8 Å². The van der Waals surface area contributed by atoms with Gasteiger partial charge in [-0.05, 0) is 37.5 Å². The van der Waals surface area contributed by atoms with Crippen molar-refractivity contribution in [1.82, 2.24) is 20.4 Å². The third-order valence-electron chi connectivity index (χ3n) is 3.82. The highest BCUT2D eigenvalue weighted by Crippen LogP contribution is 2.15. The molecule has 0 saturated carbocycles. The van der Waals surface area contributed by atoms with E-state index in [2.05, 4.69) is 20.7 Å². The van der Waals surface area contributed by atoms with Gasteiger partial charge in [-0.15, -0.1) is 0 Å². The number of guanidine groups is 1. The van der Waals surface area contributed by atoms with E-state index in [1.807, 2.05) is 33.3 Å². The minimum Gasteiger partial charge on any atom is -0.488 e. The Morgan fingerprint density at radius 2 is 2.19 bits per heavy atom. The summed E-state index contributed by atoms with van der Waals surface area (Å²) in [7, 11) is 1.91. The van der Waals surface area contributed by atoms with Gasteiger partial charge in [0.15, 0.2) is 5.96 Å². The number of rotatable bonds is 9. The average molecular weight is 361 g/mol. The second-order valence-electron chi connectivity index (χ2n) is 6.02. The lowest BCUT2D eigenvalue weighted by atomic mass is 10.2. The minimum atomic E-state index is -0.300. The van der Waals surface area contributed by atoms with Crippen LogP contribution in [0.15, 0.2) is 41.7 Å². The summed E-state index contributed by atoms with van der Waals surface area (Å²) in [5.74, 6) is 0.977. The summed E-state index contributed by atoms with van der Waals surface area (Å²) in [5, 5.41) is 10.7. The number of benzene rings is 1. The summed E-state index contributed by atoms with van der Waals surface area (Å²) in [6, 6.07) is 6.20. The summed E-state index contributed by atoms with van der Waals surface area (Å²) in [6.07, 6.45) is 5.42. The molecular weight excluding hydrogens is 333 g/mol. The molecule has 0 amide bonds. The molecule has 26 heavy (non-hydrogen) atoms. The van der Waals surface area contributed by atoms with Crippen molar-refractivity contribution >= 4 is 5.96 Å². The molecule has 0 aliphatic carbocycles. The fourth-order valence-corrected chi connectivity index (χ4v) is 2.44. The van der Waals surface area contributed by atoms with E-state index in [-0.39, 0.29) is 11.9 Å². The number of aliphatic imine (C=N–C) groups is 1. The lowest BCUT2D eigenvalue weighted by Crippen LogP contribution is -2.39. The molecule has 0 spiro atoms. The molecule has 6 nitrogen and oxygen atoms in total. The second-order valence-corrected chi connectivity index (χ2v) is 6.02. The highest BCUT2D eigenvalue weighted by atomic mass is 19.1. The maximum atomic E-state index is 13.3. The molecule has 1 heterocycles. The van der Waals surface area contributed by atoms with Crippen LogP contribution in [0, 0.1) is 5.82 Å². The van der Waals surface area contributed by atoms with E-state index in [4.69, 9.17) is 4.74 Å². The number of halogens is 1. The van der Waals surface area contributed by atoms with Crippen molar-refractivity contribution < 1.29 is 9.13 Å². The SMILES string of the molecule is CCNC(=NCC(CC)Oc1cccc(F)c1)NCCc1cnn(C)c1. The van der Waals surface area contributed by atoms with Crippen molar-refractivity contribution in [2.45, 2.75) is 32.8 Å². The van der Waals surface area contributed by atoms with Gasteiger partial charge in [0.1, 0.15) is 17.7 Å². The van der Waals surface area contributed by atoms with Crippen LogP contribution in [0.3, 0.4) is 0 Å². The van der Waals surface area contributed by atoms with Gasteiger partial charge >= 0.3 is 0 Å². The topological polar surface area (TPSA) is 63.5 Å². The van der Waals surface area contributed by atoms with Gasteiger partial charge in [0.05, 0.1) is 12.7 Å². The quantitative estimate of drug-likeness (QED) is 0.532. The predicted molar refractivity (Wildman–Crippen MR) is 102 cm³/mol. The van der Waals surface area contributed by atoms with Crippen molar-refractivity contribution in [2.24, 2.45) is 12.0 Å². The fraction of sp³-hybridized carbons (Fsp3) is 0.474. The third kappa shape index (κ3) is 6.74. The first-order chi connectivity index (χ1) is 12.6. The van der Waals surface area contributed by atoms with Crippen molar-refractivity contribution in [1.29, 1.82) is 0 Å². The normalized spacial score (nSPS) is 12.7. The second kappa shape index (κ2) is 10.4. The molecular formula is C19H28FN5O. The summed E-state index contributed by atoms with van der Waals surface area (Å²) >= 11 is 0. The molecule has 0 radical (unpaired) electrons. The molecule has 1 aromatic heterocycles.